The van der Waals surface area contributed by atoms with E-state index in [1.807, 2.05) is 31.2 Å². The van der Waals surface area contributed by atoms with Crippen molar-refractivity contribution in [1.82, 2.24) is 0 Å². The molecule has 1 aromatic rings. The van der Waals surface area contributed by atoms with Crippen molar-refractivity contribution in [1.29, 1.82) is 0 Å². The van der Waals surface area contributed by atoms with Gasteiger partial charge in [-0.2, -0.15) is 0 Å². The molecular weight excluding hydrogens is 224 g/mol. The van der Waals surface area contributed by atoms with Gasteiger partial charge in [0.05, 0.1) is 6.10 Å². The summed E-state index contributed by atoms with van der Waals surface area (Å²) in [6.07, 6.45) is 0.356. The van der Waals surface area contributed by atoms with Crippen LogP contribution in [-0.4, -0.2) is 17.8 Å². The average molecular weight is 241 g/mol. The van der Waals surface area contributed by atoms with Gasteiger partial charge in [-0.15, -0.1) is 0 Å². The highest BCUT2D eigenvalue weighted by Crippen LogP contribution is 2.14. The van der Waals surface area contributed by atoms with E-state index >= 15 is 0 Å². The molecule has 0 spiro atoms. The van der Waals surface area contributed by atoms with Crippen LogP contribution < -0.4 is 4.74 Å². The maximum atomic E-state index is 9.23. The number of hydrogen-bond donors (Lipinski definition) is 1. The lowest BCUT2D eigenvalue weighted by Gasteiger charge is -2.08. The number of aliphatic hydroxyl groups is 1. The van der Waals surface area contributed by atoms with Crippen LogP contribution in [0.2, 0.25) is 0 Å². The van der Waals surface area contributed by atoms with E-state index in [0.717, 1.165) is 16.9 Å². The number of halogens is 1. The topological polar surface area (TPSA) is 29.5 Å². The molecule has 1 atom stereocenters. The monoisotopic (exact) mass is 240 g/mol. The standard InChI is InChI=1S/C13H17ClO2/c1-10(8-14)9-16-13-5-3-12(4-6-13)7-11(2)15/h3-6,8,11,15H,7,9H2,1-2H3/b10-8+. The van der Waals surface area contributed by atoms with Crippen molar-refractivity contribution in [2.45, 2.75) is 26.4 Å². The molecule has 88 valence electrons. The molecule has 0 bridgehead atoms. The van der Waals surface area contributed by atoms with Crippen LogP contribution >= 0.6 is 11.6 Å². The molecule has 0 aliphatic carbocycles. The quantitative estimate of drug-likeness (QED) is 0.857. The molecule has 1 aromatic carbocycles. The van der Waals surface area contributed by atoms with Crippen LogP contribution in [0.3, 0.4) is 0 Å². The lowest BCUT2D eigenvalue weighted by molar-refractivity contribution is 0.195. The Morgan fingerprint density at radius 2 is 2.06 bits per heavy atom. The number of ether oxygens (including phenoxy) is 1. The zero-order valence-corrected chi connectivity index (χ0v) is 10.4. The summed E-state index contributed by atoms with van der Waals surface area (Å²) in [5.41, 5.74) is 3.60. The van der Waals surface area contributed by atoms with Crippen LogP contribution in [0.5, 0.6) is 5.75 Å². The Morgan fingerprint density at radius 3 is 2.56 bits per heavy atom. The zero-order valence-electron chi connectivity index (χ0n) is 9.61. The van der Waals surface area contributed by atoms with Crippen LogP contribution in [0.1, 0.15) is 19.4 Å². The summed E-state index contributed by atoms with van der Waals surface area (Å²) in [7, 11) is 0. The fourth-order valence-corrected chi connectivity index (χ4v) is 1.35. The molecule has 0 amide bonds. The van der Waals surface area contributed by atoms with E-state index in [-0.39, 0.29) is 6.10 Å². The number of rotatable bonds is 5. The highest BCUT2D eigenvalue weighted by atomic mass is 35.5. The summed E-state index contributed by atoms with van der Waals surface area (Å²) in [5.74, 6) is 0.812. The summed E-state index contributed by atoms with van der Waals surface area (Å²) in [4.78, 5) is 0. The number of hydrogen-bond acceptors (Lipinski definition) is 2. The molecule has 0 aliphatic heterocycles. The van der Waals surface area contributed by atoms with Crippen molar-refractivity contribution in [3.05, 3.63) is 40.9 Å². The minimum Gasteiger partial charge on any atom is -0.489 e. The fourth-order valence-electron chi connectivity index (χ4n) is 1.29. The lowest BCUT2D eigenvalue weighted by atomic mass is 10.1. The first-order valence-electron chi connectivity index (χ1n) is 5.27. The first-order chi connectivity index (χ1) is 7.61. The molecule has 16 heavy (non-hydrogen) atoms. The number of aliphatic hydroxyl groups excluding tert-OH is 1. The van der Waals surface area contributed by atoms with Gasteiger partial charge in [-0.1, -0.05) is 23.7 Å². The van der Waals surface area contributed by atoms with Crippen molar-refractivity contribution < 1.29 is 9.84 Å². The molecular formula is C13H17ClO2. The van der Waals surface area contributed by atoms with Crippen molar-refractivity contribution in [2.24, 2.45) is 0 Å². The van der Waals surface area contributed by atoms with Gasteiger partial charge in [0.2, 0.25) is 0 Å². The molecule has 1 rings (SSSR count). The molecule has 0 aromatic heterocycles. The largest absolute Gasteiger partial charge is 0.489 e. The summed E-state index contributed by atoms with van der Waals surface area (Å²) in [6.45, 7) is 4.19. The second-order valence-electron chi connectivity index (χ2n) is 3.94. The predicted molar refractivity (Wildman–Crippen MR) is 66.9 cm³/mol. The number of benzene rings is 1. The molecule has 2 nitrogen and oxygen atoms in total. The Labute approximate surface area is 102 Å². The van der Waals surface area contributed by atoms with Crippen LogP contribution in [0.15, 0.2) is 35.4 Å². The molecule has 0 saturated carbocycles. The normalized spacial score (nSPS) is 13.6. The van der Waals surface area contributed by atoms with E-state index in [9.17, 15) is 5.11 Å². The summed E-state index contributed by atoms with van der Waals surface area (Å²) in [6, 6.07) is 7.72. The van der Waals surface area contributed by atoms with E-state index in [2.05, 4.69) is 0 Å². The van der Waals surface area contributed by atoms with E-state index in [4.69, 9.17) is 16.3 Å². The van der Waals surface area contributed by atoms with Gasteiger partial charge >= 0.3 is 0 Å². The van der Waals surface area contributed by atoms with E-state index in [1.54, 1.807) is 6.92 Å². The smallest absolute Gasteiger partial charge is 0.119 e. The van der Waals surface area contributed by atoms with Gasteiger partial charge < -0.3 is 9.84 Å². The lowest BCUT2D eigenvalue weighted by Crippen LogP contribution is -2.04. The molecule has 1 unspecified atom stereocenters. The molecule has 0 aliphatic rings. The van der Waals surface area contributed by atoms with Gasteiger partial charge in [0.1, 0.15) is 12.4 Å². The minimum atomic E-state index is -0.312. The Bertz CT molecular complexity index is 341. The Kier molecular flexibility index (Phi) is 5.36. The van der Waals surface area contributed by atoms with Gasteiger partial charge in [0.15, 0.2) is 0 Å². The van der Waals surface area contributed by atoms with Crippen LogP contribution in [0.25, 0.3) is 0 Å². The molecule has 3 heteroatoms. The Morgan fingerprint density at radius 1 is 1.44 bits per heavy atom. The predicted octanol–water partition coefficient (Wildman–Crippen LogP) is 3.13. The van der Waals surface area contributed by atoms with Crippen LogP contribution in [0, 0.1) is 0 Å². The van der Waals surface area contributed by atoms with E-state index in [0.29, 0.717) is 13.0 Å². The van der Waals surface area contributed by atoms with Crippen molar-refractivity contribution in [3.63, 3.8) is 0 Å². The van der Waals surface area contributed by atoms with E-state index < -0.39 is 0 Å². The summed E-state index contributed by atoms with van der Waals surface area (Å²) >= 11 is 5.53. The maximum Gasteiger partial charge on any atom is 0.119 e. The second kappa shape index (κ2) is 6.56. The molecule has 0 fully saturated rings. The fraction of sp³-hybridized carbons (Fsp3) is 0.385. The summed E-state index contributed by atoms with van der Waals surface area (Å²) < 4.78 is 5.50. The maximum absolute atomic E-state index is 9.23. The zero-order chi connectivity index (χ0) is 12.0. The van der Waals surface area contributed by atoms with Gasteiger partial charge in [0.25, 0.3) is 0 Å². The van der Waals surface area contributed by atoms with Gasteiger partial charge in [-0.25, -0.2) is 0 Å². The molecule has 0 saturated heterocycles. The SMILES string of the molecule is C/C(=C\Cl)COc1ccc(CC(C)O)cc1. The van der Waals surface area contributed by atoms with Crippen molar-refractivity contribution in [3.8, 4) is 5.75 Å². The summed E-state index contributed by atoms with van der Waals surface area (Å²) in [5, 5.41) is 9.23. The molecule has 0 heterocycles. The van der Waals surface area contributed by atoms with Crippen molar-refractivity contribution in [2.75, 3.05) is 6.61 Å². The third-order valence-corrected chi connectivity index (χ3v) is 2.48. The Hall–Kier alpha value is -0.990. The third-order valence-electron chi connectivity index (χ3n) is 2.11. The first kappa shape index (κ1) is 13.1. The van der Waals surface area contributed by atoms with Gasteiger partial charge in [-0.05, 0) is 43.5 Å². The minimum absolute atomic E-state index is 0.312. The van der Waals surface area contributed by atoms with Crippen LogP contribution in [-0.2, 0) is 6.42 Å². The Balaban J connectivity index is 2.51. The van der Waals surface area contributed by atoms with Crippen molar-refractivity contribution >= 4 is 11.6 Å². The molecule has 1 N–H and O–H groups in total. The third kappa shape index (κ3) is 4.69. The van der Waals surface area contributed by atoms with E-state index in [1.165, 1.54) is 5.54 Å². The van der Waals surface area contributed by atoms with Crippen LogP contribution in [0.4, 0.5) is 0 Å². The molecule has 0 radical (unpaired) electrons. The van der Waals surface area contributed by atoms with Gasteiger partial charge in [-0.3, -0.25) is 0 Å². The highest BCUT2D eigenvalue weighted by Gasteiger charge is 1.99. The second-order valence-corrected chi connectivity index (χ2v) is 4.16. The first-order valence-corrected chi connectivity index (χ1v) is 5.71. The highest BCUT2D eigenvalue weighted by molar-refractivity contribution is 6.25. The van der Waals surface area contributed by atoms with Gasteiger partial charge in [0, 0.05) is 5.54 Å². The average Bonchev–Trinajstić information content (AvgIpc) is 2.27.